The largest absolute Gasteiger partial charge is 0.508 e. The Hall–Kier alpha value is -4.38. The third kappa shape index (κ3) is 5.58. The monoisotopic (exact) mass is 713 g/mol. The van der Waals surface area contributed by atoms with Crippen molar-refractivity contribution >= 4 is 27.5 Å². The van der Waals surface area contributed by atoms with Crippen LogP contribution in [0.15, 0.2) is 24.3 Å². The number of phenols is 1. The number of alkyl halides is 1. The molecule has 1 aliphatic carbocycles. The molecule has 52 heavy (non-hydrogen) atoms. The van der Waals surface area contributed by atoms with Gasteiger partial charge in [0.2, 0.25) is 5.88 Å². The van der Waals surface area contributed by atoms with Crippen molar-refractivity contribution in [1.82, 2.24) is 30.1 Å². The van der Waals surface area contributed by atoms with Gasteiger partial charge in [-0.25, -0.2) is 18.2 Å². The minimum Gasteiger partial charge on any atom is -0.508 e. The van der Waals surface area contributed by atoms with Crippen LogP contribution >= 0.6 is 0 Å². The van der Waals surface area contributed by atoms with Crippen LogP contribution in [-0.2, 0) is 0 Å². The Morgan fingerprint density at radius 2 is 1.83 bits per heavy atom. The Bertz CT molecular complexity index is 2130. The molecule has 0 amide bonds. The molecule has 13 heteroatoms. The quantitative estimate of drug-likeness (QED) is 0.246. The second-order valence-electron chi connectivity index (χ2n) is 15.8. The molecule has 2 aromatic carbocycles. The molecular weight excluding hydrogens is 671 g/mol. The number of fused-ring (bicyclic) bond motifs is 4. The minimum absolute atomic E-state index is 0.0209. The van der Waals surface area contributed by atoms with Crippen molar-refractivity contribution in [3.8, 4) is 41.2 Å². The second-order valence-corrected chi connectivity index (χ2v) is 15.8. The zero-order valence-corrected chi connectivity index (χ0v) is 29.4. The Balaban J connectivity index is 1.11. The first-order chi connectivity index (χ1) is 25.1. The van der Waals surface area contributed by atoms with Crippen molar-refractivity contribution in [3.63, 3.8) is 0 Å². The Morgan fingerprint density at radius 3 is 2.52 bits per heavy atom. The number of piperazine rings is 1. The van der Waals surface area contributed by atoms with Crippen LogP contribution in [-0.4, -0.2) is 115 Å². The number of anilines is 1. The fourth-order valence-electron chi connectivity index (χ4n) is 9.31. The van der Waals surface area contributed by atoms with Crippen molar-refractivity contribution in [2.75, 3.05) is 71.5 Å². The molecule has 4 aromatic rings. The van der Waals surface area contributed by atoms with Crippen LogP contribution in [0.1, 0.15) is 37.7 Å². The number of pyridine rings is 1. The zero-order chi connectivity index (χ0) is 35.9. The molecule has 4 saturated heterocycles. The Morgan fingerprint density at radius 1 is 1.04 bits per heavy atom. The predicted molar refractivity (Wildman–Crippen MR) is 192 cm³/mol. The van der Waals surface area contributed by atoms with Crippen LogP contribution in [0.25, 0.3) is 32.9 Å². The number of rotatable bonds is 8. The molecule has 6 heterocycles. The molecule has 2 bridgehead atoms. The summed E-state index contributed by atoms with van der Waals surface area (Å²) in [5, 5.41) is 15.3. The lowest BCUT2D eigenvalue weighted by Crippen LogP contribution is -2.51. The first-order valence-electron chi connectivity index (χ1n) is 18.1. The number of aromatic nitrogens is 3. The summed E-state index contributed by atoms with van der Waals surface area (Å²) < 4.78 is 59.7. The van der Waals surface area contributed by atoms with E-state index in [4.69, 9.17) is 20.9 Å². The number of hydrogen-bond donors (Lipinski definition) is 2. The summed E-state index contributed by atoms with van der Waals surface area (Å²) in [6.45, 7) is 5.18. The van der Waals surface area contributed by atoms with Gasteiger partial charge in [-0.1, -0.05) is 12.0 Å². The van der Waals surface area contributed by atoms with E-state index in [2.05, 4.69) is 43.0 Å². The zero-order valence-electron chi connectivity index (χ0n) is 29.4. The summed E-state index contributed by atoms with van der Waals surface area (Å²) in [5.41, 5.74) is -0.723. The van der Waals surface area contributed by atoms with Crippen LogP contribution in [0.5, 0.6) is 17.6 Å². The first-order valence-corrected chi connectivity index (χ1v) is 18.1. The number of nitrogens with zero attached hydrogens (tertiary/aromatic N) is 6. The van der Waals surface area contributed by atoms with Gasteiger partial charge >= 0.3 is 6.01 Å². The summed E-state index contributed by atoms with van der Waals surface area (Å²) in [5.74, 6) is 1.30. The van der Waals surface area contributed by atoms with Gasteiger partial charge in [0, 0.05) is 73.1 Å². The van der Waals surface area contributed by atoms with Crippen molar-refractivity contribution < 1.29 is 27.8 Å². The summed E-state index contributed by atoms with van der Waals surface area (Å²) in [7, 11) is 3.50. The van der Waals surface area contributed by atoms with E-state index in [1.807, 2.05) is 0 Å². The van der Waals surface area contributed by atoms with E-state index in [1.54, 1.807) is 0 Å². The van der Waals surface area contributed by atoms with E-state index in [-0.39, 0.29) is 68.3 Å². The number of ether oxygens (including phenoxy) is 2. The molecule has 9 rings (SSSR count). The van der Waals surface area contributed by atoms with Gasteiger partial charge in [-0.2, -0.15) is 9.97 Å². The van der Waals surface area contributed by atoms with Crippen LogP contribution in [0.2, 0.25) is 0 Å². The molecule has 4 unspecified atom stereocenters. The summed E-state index contributed by atoms with van der Waals surface area (Å²) in [6, 6.07) is 5.98. The van der Waals surface area contributed by atoms with Crippen molar-refractivity contribution in [3.05, 3.63) is 41.5 Å². The van der Waals surface area contributed by atoms with Gasteiger partial charge in [0.1, 0.15) is 40.2 Å². The van der Waals surface area contributed by atoms with E-state index < -0.39 is 17.8 Å². The minimum atomic E-state index is -0.854. The number of aromatic hydroxyl groups is 1. The van der Waals surface area contributed by atoms with Crippen molar-refractivity contribution in [2.24, 2.45) is 10.8 Å². The molecule has 2 N–H and O–H groups in total. The van der Waals surface area contributed by atoms with E-state index in [0.717, 1.165) is 58.3 Å². The van der Waals surface area contributed by atoms with Gasteiger partial charge < -0.3 is 29.7 Å². The number of phenolic OH excluding ortho intramolecular Hbond substituents is 1. The molecule has 1 spiro atoms. The first kappa shape index (κ1) is 33.5. The maximum atomic E-state index is 17.2. The van der Waals surface area contributed by atoms with Crippen LogP contribution in [0.4, 0.5) is 19.0 Å². The lowest BCUT2D eigenvalue weighted by molar-refractivity contribution is 0.156. The summed E-state index contributed by atoms with van der Waals surface area (Å²) in [6.07, 6.45) is 9.67. The molecule has 4 aliphatic heterocycles. The summed E-state index contributed by atoms with van der Waals surface area (Å²) >= 11 is 0. The van der Waals surface area contributed by atoms with Gasteiger partial charge in [0.05, 0.1) is 19.3 Å². The highest BCUT2D eigenvalue weighted by molar-refractivity contribution is 6.04. The number of methoxy groups -OCH3 is 1. The molecule has 5 aliphatic rings. The number of terminal acetylenes is 1. The molecule has 0 radical (unpaired) electrons. The van der Waals surface area contributed by atoms with Gasteiger partial charge in [-0.05, 0) is 69.3 Å². The van der Waals surface area contributed by atoms with E-state index >= 15 is 13.2 Å². The predicted octanol–water partition coefficient (Wildman–Crippen LogP) is 4.89. The average Bonchev–Trinajstić information content (AvgIpc) is 3.51. The standard InChI is InChI=1S/C39H42F3N7O3/c1-4-26-28(40)8-5-22-13-25(50)14-27(30(22)26)33-32(42)34-31(36(44-33)51-3)35(49-15-23-6-7-24(16-49)43-23)46-37(45-34)52-21-38(9-10-38)18-48-17-29(41)39(20-48)11-12-47(2)19-39/h1,5,8,13-14,23-24,29,43,50H,6-7,9-12,15-21H2,2-3H3. The van der Waals surface area contributed by atoms with Gasteiger partial charge in [0.15, 0.2) is 5.82 Å². The lowest BCUT2D eigenvalue weighted by Gasteiger charge is -2.34. The number of nitrogens with one attached hydrogen (secondary N) is 1. The SMILES string of the molecule is C#Cc1c(F)ccc2cc(O)cc(-c3nc(OC)c4c(N5CC6CCC(C5)N6)nc(OCC5(CN6CC(F)C7(CCN(C)C7)C6)CC5)nc4c3F)c12. The van der Waals surface area contributed by atoms with E-state index in [9.17, 15) is 5.11 Å². The summed E-state index contributed by atoms with van der Waals surface area (Å²) in [4.78, 5) is 20.8. The number of hydrogen-bond acceptors (Lipinski definition) is 10. The average molecular weight is 714 g/mol. The van der Waals surface area contributed by atoms with Crippen molar-refractivity contribution in [1.29, 1.82) is 0 Å². The number of likely N-dealkylation sites (tertiary alicyclic amines) is 2. The highest BCUT2D eigenvalue weighted by atomic mass is 19.1. The third-order valence-corrected chi connectivity index (χ3v) is 12.1. The number of halogens is 3. The molecule has 1 saturated carbocycles. The number of benzene rings is 2. The fraction of sp³-hybridized carbons (Fsp3) is 0.513. The second kappa shape index (κ2) is 12.4. The Labute approximate surface area is 300 Å². The van der Waals surface area contributed by atoms with Gasteiger partial charge in [-0.3, -0.25) is 4.90 Å². The molecular formula is C39H42F3N7O3. The highest BCUT2D eigenvalue weighted by Gasteiger charge is 2.53. The van der Waals surface area contributed by atoms with Crippen LogP contribution < -0.4 is 19.7 Å². The molecule has 272 valence electrons. The third-order valence-electron chi connectivity index (χ3n) is 12.1. The van der Waals surface area contributed by atoms with Gasteiger partial charge in [-0.15, -0.1) is 6.42 Å². The maximum absolute atomic E-state index is 17.2. The fourth-order valence-corrected chi connectivity index (χ4v) is 9.31. The lowest BCUT2D eigenvalue weighted by atomic mass is 9.85. The normalized spacial score (nSPS) is 26.8. The topological polar surface area (TPSA) is 99.1 Å². The van der Waals surface area contributed by atoms with E-state index in [0.29, 0.717) is 42.8 Å². The Kier molecular flexibility index (Phi) is 7.95. The molecule has 5 fully saturated rings. The van der Waals surface area contributed by atoms with E-state index in [1.165, 1.54) is 31.4 Å². The molecule has 4 atom stereocenters. The van der Waals surface area contributed by atoms with Gasteiger partial charge in [0.25, 0.3) is 0 Å². The van der Waals surface area contributed by atoms with Crippen molar-refractivity contribution in [2.45, 2.75) is 50.4 Å². The smallest absolute Gasteiger partial charge is 0.319 e. The molecule has 10 nitrogen and oxygen atoms in total. The highest BCUT2D eigenvalue weighted by Crippen LogP contribution is 2.50. The van der Waals surface area contributed by atoms with Crippen LogP contribution in [0, 0.1) is 34.8 Å². The molecule has 2 aromatic heterocycles. The maximum Gasteiger partial charge on any atom is 0.319 e. The van der Waals surface area contributed by atoms with Crippen LogP contribution in [0.3, 0.4) is 0 Å².